The lowest BCUT2D eigenvalue weighted by atomic mass is 10.1. The number of rotatable bonds is 5. The van der Waals surface area contributed by atoms with E-state index in [0.29, 0.717) is 19.6 Å². The van der Waals surface area contributed by atoms with Gasteiger partial charge in [-0.3, -0.25) is 14.5 Å². The summed E-state index contributed by atoms with van der Waals surface area (Å²) in [4.78, 5) is 31.0. The number of aryl methyl sites for hydroxylation is 1. The molecule has 0 atom stereocenters. The molecule has 2 heterocycles. The third kappa shape index (κ3) is 5.17. The number of likely N-dealkylation sites (N-methyl/N-ethyl adjacent to an activating group) is 1. The molecular weight excluding hydrogens is 358 g/mol. The molecule has 0 bridgehead atoms. The SMILES string of the molecule is Cc1ccccc1CN(C)C(=O)CN1CCCN(C(=O)c2ccsc2)CC1. The molecule has 3 rings (SSSR count). The van der Waals surface area contributed by atoms with Crippen LogP contribution in [0.4, 0.5) is 0 Å². The summed E-state index contributed by atoms with van der Waals surface area (Å²) in [6, 6.07) is 10.0. The van der Waals surface area contributed by atoms with Gasteiger partial charge < -0.3 is 9.80 Å². The van der Waals surface area contributed by atoms with E-state index in [2.05, 4.69) is 24.0 Å². The summed E-state index contributed by atoms with van der Waals surface area (Å²) in [7, 11) is 1.86. The fraction of sp³-hybridized carbons (Fsp3) is 0.429. The molecule has 2 amide bonds. The van der Waals surface area contributed by atoms with Crippen molar-refractivity contribution in [2.75, 3.05) is 39.8 Å². The Morgan fingerprint density at radius 3 is 2.67 bits per heavy atom. The number of nitrogens with zero attached hydrogens (tertiary/aromatic N) is 3. The molecule has 5 nitrogen and oxygen atoms in total. The number of thiophene rings is 1. The molecule has 1 aromatic carbocycles. The van der Waals surface area contributed by atoms with Crippen LogP contribution < -0.4 is 0 Å². The van der Waals surface area contributed by atoms with E-state index in [1.54, 1.807) is 16.2 Å². The zero-order valence-corrected chi connectivity index (χ0v) is 16.9. The lowest BCUT2D eigenvalue weighted by molar-refractivity contribution is -0.131. The van der Waals surface area contributed by atoms with Crippen LogP contribution in [-0.2, 0) is 11.3 Å². The van der Waals surface area contributed by atoms with Crippen LogP contribution in [0, 0.1) is 6.92 Å². The third-order valence-corrected chi connectivity index (χ3v) is 5.78. The quantitative estimate of drug-likeness (QED) is 0.795. The molecule has 0 unspecified atom stereocenters. The Labute approximate surface area is 165 Å². The molecule has 0 aliphatic carbocycles. The maximum atomic E-state index is 12.6. The van der Waals surface area contributed by atoms with Crippen molar-refractivity contribution in [2.45, 2.75) is 19.9 Å². The Balaban J connectivity index is 1.51. The van der Waals surface area contributed by atoms with Crippen molar-refractivity contribution >= 4 is 23.2 Å². The second kappa shape index (κ2) is 9.15. The number of amides is 2. The van der Waals surface area contributed by atoms with Crippen molar-refractivity contribution < 1.29 is 9.59 Å². The predicted molar refractivity (Wildman–Crippen MR) is 109 cm³/mol. The Morgan fingerprint density at radius 2 is 1.93 bits per heavy atom. The van der Waals surface area contributed by atoms with Crippen molar-refractivity contribution in [3.05, 3.63) is 57.8 Å². The standard InChI is InChI=1S/C21H27N3O2S/c1-17-6-3-4-7-18(17)14-22(2)20(25)15-23-9-5-10-24(12-11-23)21(26)19-8-13-27-16-19/h3-4,6-8,13,16H,5,9-12,14-15H2,1-2H3. The van der Waals surface area contributed by atoms with E-state index >= 15 is 0 Å². The second-order valence-corrected chi connectivity index (χ2v) is 7.89. The van der Waals surface area contributed by atoms with E-state index < -0.39 is 0 Å². The van der Waals surface area contributed by atoms with E-state index in [4.69, 9.17) is 0 Å². The van der Waals surface area contributed by atoms with E-state index in [1.807, 2.05) is 40.9 Å². The van der Waals surface area contributed by atoms with Crippen LogP contribution in [0.2, 0.25) is 0 Å². The number of carbonyl (C=O) groups excluding carboxylic acids is 2. The maximum Gasteiger partial charge on any atom is 0.254 e. The first kappa shape index (κ1) is 19.6. The summed E-state index contributed by atoms with van der Waals surface area (Å²) in [6.07, 6.45) is 0.894. The van der Waals surface area contributed by atoms with Gasteiger partial charge in [-0.15, -0.1) is 0 Å². The van der Waals surface area contributed by atoms with Gasteiger partial charge in [-0.05, 0) is 35.9 Å². The zero-order chi connectivity index (χ0) is 19.2. The van der Waals surface area contributed by atoms with Crippen LogP contribution in [-0.4, -0.2) is 66.3 Å². The predicted octanol–water partition coefficient (Wildman–Crippen LogP) is 2.86. The molecule has 27 heavy (non-hydrogen) atoms. The monoisotopic (exact) mass is 385 g/mol. The molecular formula is C21H27N3O2S. The van der Waals surface area contributed by atoms with Gasteiger partial charge in [0.2, 0.25) is 5.91 Å². The molecule has 6 heteroatoms. The normalized spacial score (nSPS) is 15.4. The molecule has 1 saturated heterocycles. The molecule has 1 aliphatic rings. The van der Waals surface area contributed by atoms with Crippen LogP contribution in [0.5, 0.6) is 0 Å². The second-order valence-electron chi connectivity index (χ2n) is 7.11. The lowest BCUT2D eigenvalue weighted by Crippen LogP contribution is -2.40. The summed E-state index contributed by atoms with van der Waals surface area (Å²) >= 11 is 1.54. The van der Waals surface area contributed by atoms with Gasteiger partial charge in [0, 0.05) is 45.2 Å². The molecule has 0 radical (unpaired) electrons. The summed E-state index contributed by atoms with van der Waals surface area (Å²) < 4.78 is 0. The van der Waals surface area contributed by atoms with Gasteiger partial charge in [0.25, 0.3) is 5.91 Å². The molecule has 0 saturated carbocycles. The van der Waals surface area contributed by atoms with Crippen molar-refractivity contribution in [3.8, 4) is 0 Å². The van der Waals surface area contributed by atoms with Crippen LogP contribution in [0.15, 0.2) is 41.1 Å². The number of carbonyl (C=O) groups is 2. The van der Waals surface area contributed by atoms with Crippen molar-refractivity contribution in [2.24, 2.45) is 0 Å². The van der Waals surface area contributed by atoms with Gasteiger partial charge in [0.05, 0.1) is 12.1 Å². The Kier molecular flexibility index (Phi) is 6.63. The molecule has 0 N–H and O–H groups in total. The maximum absolute atomic E-state index is 12.6. The van der Waals surface area contributed by atoms with Gasteiger partial charge in [-0.25, -0.2) is 0 Å². The fourth-order valence-corrected chi connectivity index (χ4v) is 3.97. The lowest BCUT2D eigenvalue weighted by Gasteiger charge is -2.24. The molecule has 144 valence electrons. The van der Waals surface area contributed by atoms with Crippen LogP contribution in [0.1, 0.15) is 27.9 Å². The first-order valence-electron chi connectivity index (χ1n) is 9.37. The van der Waals surface area contributed by atoms with E-state index in [0.717, 1.165) is 31.6 Å². The zero-order valence-electron chi connectivity index (χ0n) is 16.1. The molecule has 2 aromatic rings. The van der Waals surface area contributed by atoms with E-state index in [1.165, 1.54) is 11.1 Å². The molecule has 1 aliphatic heterocycles. The minimum absolute atomic E-state index is 0.0982. The molecule has 1 aromatic heterocycles. The summed E-state index contributed by atoms with van der Waals surface area (Å²) in [6.45, 7) is 6.10. The highest BCUT2D eigenvalue weighted by Crippen LogP contribution is 2.13. The minimum Gasteiger partial charge on any atom is -0.340 e. The van der Waals surface area contributed by atoms with Crippen molar-refractivity contribution in [1.82, 2.24) is 14.7 Å². The van der Waals surface area contributed by atoms with E-state index in [9.17, 15) is 9.59 Å². The summed E-state index contributed by atoms with van der Waals surface area (Å²) in [5.74, 6) is 0.219. The van der Waals surface area contributed by atoms with Gasteiger partial charge in [0.15, 0.2) is 0 Å². The fourth-order valence-electron chi connectivity index (χ4n) is 3.34. The first-order chi connectivity index (χ1) is 13.0. The number of hydrogen-bond acceptors (Lipinski definition) is 4. The highest BCUT2D eigenvalue weighted by atomic mass is 32.1. The van der Waals surface area contributed by atoms with Gasteiger partial charge >= 0.3 is 0 Å². The van der Waals surface area contributed by atoms with E-state index in [-0.39, 0.29) is 11.8 Å². The van der Waals surface area contributed by atoms with Gasteiger partial charge in [-0.1, -0.05) is 24.3 Å². The summed E-state index contributed by atoms with van der Waals surface area (Å²) in [5, 5.41) is 3.83. The molecule has 0 spiro atoms. The number of hydrogen-bond donors (Lipinski definition) is 0. The van der Waals surface area contributed by atoms with Crippen LogP contribution in [0.25, 0.3) is 0 Å². The minimum atomic E-state index is 0.0982. The van der Waals surface area contributed by atoms with Crippen molar-refractivity contribution in [1.29, 1.82) is 0 Å². The average Bonchev–Trinajstić information content (AvgIpc) is 3.10. The highest BCUT2D eigenvalue weighted by Gasteiger charge is 2.22. The first-order valence-corrected chi connectivity index (χ1v) is 10.3. The topological polar surface area (TPSA) is 43.9 Å². The Hall–Kier alpha value is -2.18. The smallest absolute Gasteiger partial charge is 0.254 e. The highest BCUT2D eigenvalue weighted by molar-refractivity contribution is 7.08. The van der Waals surface area contributed by atoms with Gasteiger partial charge in [0.1, 0.15) is 0 Å². The van der Waals surface area contributed by atoms with Crippen LogP contribution in [0.3, 0.4) is 0 Å². The van der Waals surface area contributed by atoms with Gasteiger partial charge in [-0.2, -0.15) is 11.3 Å². The Bertz CT molecular complexity index is 775. The average molecular weight is 386 g/mol. The number of benzene rings is 1. The molecule has 1 fully saturated rings. The summed E-state index contributed by atoms with van der Waals surface area (Å²) in [5.41, 5.74) is 3.15. The third-order valence-electron chi connectivity index (χ3n) is 5.10. The Morgan fingerprint density at radius 1 is 1.11 bits per heavy atom. The van der Waals surface area contributed by atoms with Crippen LogP contribution >= 0.6 is 11.3 Å². The van der Waals surface area contributed by atoms with Crippen molar-refractivity contribution in [3.63, 3.8) is 0 Å². The largest absolute Gasteiger partial charge is 0.340 e.